The SMILES string of the molecule is COC(=O)c1c(-c2ccc(-c3cc(C(=O)O)cc(C(F)(F)F)c3)cc2)nn(-c2ccccc2)c1C(=O)OC. The molecule has 8 nitrogen and oxygen atoms in total. The number of carboxylic acids is 1. The third-order valence-electron chi connectivity index (χ3n) is 5.65. The van der Waals surface area contributed by atoms with Crippen LogP contribution in [0, 0.1) is 0 Å². The van der Waals surface area contributed by atoms with Crippen molar-refractivity contribution in [3.05, 3.63) is 95.2 Å². The van der Waals surface area contributed by atoms with E-state index in [0.29, 0.717) is 17.3 Å². The molecule has 0 atom stereocenters. The fraction of sp³-hybridized carbons (Fsp3) is 0.111. The zero-order valence-corrected chi connectivity index (χ0v) is 19.9. The topological polar surface area (TPSA) is 108 Å². The number of hydrogen-bond donors (Lipinski definition) is 1. The molecule has 194 valence electrons. The monoisotopic (exact) mass is 524 g/mol. The van der Waals surface area contributed by atoms with Crippen LogP contribution in [0.5, 0.6) is 0 Å². The molecule has 0 fully saturated rings. The lowest BCUT2D eigenvalue weighted by Gasteiger charge is -2.11. The van der Waals surface area contributed by atoms with Gasteiger partial charge < -0.3 is 14.6 Å². The summed E-state index contributed by atoms with van der Waals surface area (Å²) in [6.45, 7) is 0. The number of ether oxygens (including phenoxy) is 2. The molecule has 4 aromatic rings. The van der Waals surface area contributed by atoms with Crippen molar-refractivity contribution in [3.63, 3.8) is 0 Å². The zero-order chi connectivity index (χ0) is 27.6. The number of carboxylic acid groups (broad SMARTS) is 1. The largest absolute Gasteiger partial charge is 0.478 e. The van der Waals surface area contributed by atoms with Crippen LogP contribution >= 0.6 is 0 Å². The van der Waals surface area contributed by atoms with E-state index in [2.05, 4.69) is 5.10 Å². The predicted molar refractivity (Wildman–Crippen MR) is 129 cm³/mol. The van der Waals surface area contributed by atoms with Crippen LogP contribution < -0.4 is 0 Å². The summed E-state index contributed by atoms with van der Waals surface area (Å²) in [7, 11) is 2.30. The fourth-order valence-electron chi connectivity index (χ4n) is 3.86. The molecule has 0 radical (unpaired) electrons. The molecule has 0 amide bonds. The van der Waals surface area contributed by atoms with E-state index in [1.807, 2.05) is 0 Å². The standard InChI is InChI=1S/C27H19F3N2O6/c1-37-25(35)21-22(31-32(23(21)26(36)38-2)20-6-4-3-5-7-20)16-10-8-15(9-11-16)17-12-18(24(33)34)14-19(13-17)27(28,29)30/h3-14H,1-2H3,(H,33,34). The number of aromatic carboxylic acids is 1. The number of para-hydroxylation sites is 1. The number of benzene rings is 3. The van der Waals surface area contributed by atoms with Gasteiger partial charge in [-0.05, 0) is 41.5 Å². The Hall–Kier alpha value is -4.93. The molecule has 1 aromatic heterocycles. The van der Waals surface area contributed by atoms with Crippen molar-refractivity contribution in [2.45, 2.75) is 6.18 Å². The van der Waals surface area contributed by atoms with Gasteiger partial charge >= 0.3 is 24.1 Å². The Bertz CT molecular complexity index is 1530. The van der Waals surface area contributed by atoms with Crippen LogP contribution in [0.3, 0.4) is 0 Å². The quantitative estimate of drug-likeness (QED) is 0.332. The van der Waals surface area contributed by atoms with Gasteiger partial charge in [0, 0.05) is 5.56 Å². The third kappa shape index (κ3) is 4.99. The van der Waals surface area contributed by atoms with E-state index in [1.165, 1.54) is 28.9 Å². The number of carbonyl (C=O) groups is 3. The van der Waals surface area contributed by atoms with Gasteiger partial charge in [-0.2, -0.15) is 18.3 Å². The number of alkyl halides is 3. The summed E-state index contributed by atoms with van der Waals surface area (Å²) >= 11 is 0. The first-order valence-electron chi connectivity index (χ1n) is 11.0. The first kappa shape index (κ1) is 26.1. The summed E-state index contributed by atoms with van der Waals surface area (Å²) < 4.78 is 51.1. The minimum Gasteiger partial charge on any atom is -0.478 e. The minimum atomic E-state index is -4.75. The minimum absolute atomic E-state index is 0.0297. The molecule has 0 aliphatic heterocycles. The van der Waals surface area contributed by atoms with Gasteiger partial charge in [0.05, 0.1) is 31.0 Å². The summed E-state index contributed by atoms with van der Waals surface area (Å²) in [6, 6.07) is 16.9. The summed E-state index contributed by atoms with van der Waals surface area (Å²) in [5.74, 6) is -3.19. The first-order chi connectivity index (χ1) is 18.0. The molecule has 38 heavy (non-hydrogen) atoms. The smallest absolute Gasteiger partial charge is 0.416 e. The summed E-state index contributed by atoms with van der Waals surface area (Å²) in [4.78, 5) is 36.9. The molecule has 0 bridgehead atoms. The summed E-state index contributed by atoms with van der Waals surface area (Å²) in [6.07, 6.45) is -4.75. The molecular weight excluding hydrogens is 505 g/mol. The van der Waals surface area contributed by atoms with Crippen molar-refractivity contribution in [2.24, 2.45) is 0 Å². The molecule has 1 N–H and O–H groups in total. The van der Waals surface area contributed by atoms with Gasteiger partial charge in [0.25, 0.3) is 0 Å². The Balaban J connectivity index is 1.88. The summed E-state index contributed by atoms with van der Waals surface area (Å²) in [5, 5.41) is 13.7. The van der Waals surface area contributed by atoms with E-state index in [0.717, 1.165) is 26.4 Å². The van der Waals surface area contributed by atoms with Gasteiger partial charge in [-0.15, -0.1) is 0 Å². The highest BCUT2D eigenvalue weighted by Gasteiger charge is 2.33. The third-order valence-corrected chi connectivity index (χ3v) is 5.65. The Kier molecular flexibility index (Phi) is 7.02. The van der Waals surface area contributed by atoms with Gasteiger partial charge in [0.1, 0.15) is 11.3 Å². The van der Waals surface area contributed by atoms with Gasteiger partial charge in [0.15, 0.2) is 5.69 Å². The number of hydrogen-bond acceptors (Lipinski definition) is 6. The molecule has 0 saturated heterocycles. The average Bonchev–Trinajstić information content (AvgIpc) is 3.32. The van der Waals surface area contributed by atoms with Gasteiger partial charge in [-0.25, -0.2) is 19.1 Å². The Morgan fingerprint density at radius 1 is 0.816 bits per heavy atom. The van der Waals surface area contributed by atoms with Crippen LogP contribution in [-0.4, -0.2) is 47.0 Å². The number of nitrogens with zero attached hydrogens (tertiary/aromatic N) is 2. The number of esters is 2. The van der Waals surface area contributed by atoms with Crippen LogP contribution in [0.2, 0.25) is 0 Å². The Morgan fingerprint density at radius 3 is 1.97 bits per heavy atom. The van der Waals surface area contributed by atoms with E-state index >= 15 is 0 Å². The van der Waals surface area contributed by atoms with Crippen molar-refractivity contribution in [3.8, 4) is 28.1 Å². The second-order valence-corrected chi connectivity index (χ2v) is 7.98. The number of methoxy groups -OCH3 is 2. The number of halogens is 3. The number of carbonyl (C=O) groups excluding carboxylic acids is 2. The Labute approximate surface area is 213 Å². The molecule has 0 aliphatic rings. The molecular formula is C27H19F3N2O6. The van der Waals surface area contributed by atoms with Crippen LogP contribution in [0.25, 0.3) is 28.1 Å². The molecule has 11 heteroatoms. The average molecular weight is 524 g/mol. The maximum atomic E-state index is 13.4. The highest BCUT2D eigenvalue weighted by molar-refractivity contribution is 6.07. The predicted octanol–water partition coefficient (Wildman–Crippen LogP) is 5.50. The maximum absolute atomic E-state index is 13.4. The lowest BCUT2D eigenvalue weighted by Crippen LogP contribution is -2.15. The number of rotatable bonds is 6. The van der Waals surface area contributed by atoms with Crippen molar-refractivity contribution in [2.75, 3.05) is 14.2 Å². The maximum Gasteiger partial charge on any atom is 0.416 e. The molecule has 0 aliphatic carbocycles. The van der Waals surface area contributed by atoms with Gasteiger partial charge in [-0.1, -0.05) is 42.5 Å². The van der Waals surface area contributed by atoms with Crippen molar-refractivity contribution < 1.29 is 42.1 Å². The van der Waals surface area contributed by atoms with E-state index in [-0.39, 0.29) is 28.1 Å². The normalized spacial score (nSPS) is 11.2. The van der Waals surface area contributed by atoms with E-state index in [9.17, 15) is 32.7 Å². The van der Waals surface area contributed by atoms with Crippen LogP contribution in [0.4, 0.5) is 13.2 Å². The fourth-order valence-corrected chi connectivity index (χ4v) is 3.86. The second kappa shape index (κ2) is 10.2. The van der Waals surface area contributed by atoms with Crippen molar-refractivity contribution in [1.29, 1.82) is 0 Å². The first-order valence-corrected chi connectivity index (χ1v) is 11.0. The lowest BCUT2D eigenvalue weighted by molar-refractivity contribution is -0.137. The number of aromatic nitrogens is 2. The Morgan fingerprint density at radius 2 is 1.42 bits per heavy atom. The van der Waals surface area contributed by atoms with Crippen LogP contribution in [0.15, 0.2) is 72.8 Å². The van der Waals surface area contributed by atoms with Crippen LogP contribution in [-0.2, 0) is 15.7 Å². The lowest BCUT2D eigenvalue weighted by atomic mass is 9.97. The highest BCUT2D eigenvalue weighted by Crippen LogP contribution is 2.35. The zero-order valence-electron chi connectivity index (χ0n) is 19.9. The van der Waals surface area contributed by atoms with Gasteiger partial charge in [0.2, 0.25) is 0 Å². The van der Waals surface area contributed by atoms with Gasteiger partial charge in [-0.3, -0.25) is 0 Å². The molecule has 0 unspecified atom stereocenters. The molecule has 3 aromatic carbocycles. The second-order valence-electron chi connectivity index (χ2n) is 7.98. The van der Waals surface area contributed by atoms with Crippen molar-refractivity contribution >= 4 is 17.9 Å². The van der Waals surface area contributed by atoms with Crippen LogP contribution in [0.1, 0.15) is 36.8 Å². The molecule has 0 saturated carbocycles. The van der Waals surface area contributed by atoms with E-state index < -0.39 is 35.2 Å². The molecule has 4 rings (SSSR count). The van der Waals surface area contributed by atoms with E-state index in [1.54, 1.807) is 30.3 Å². The summed E-state index contributed by atoms with van der Waals surface area (Å²) in [5.41, 5.74) is -0.755. The molecule has 0 spiro atoms. The van der Waals surface area contributed by atoms with E-state index in [4.69, 9.17) is 9.47 Å². The highest BCUT2D eigenvalue weighted by atomic mass is 19.4. The van der Waals surface area contributed by atoms with Crippen molar-refractivity contribution in [1.82, 2.24) is 9.78 Å². The molecule has 1 heterocycles.